The summed E-state index contributed by atoms with van der Waals surface area (Å²) >= 11 is 0. The van der Waals surface area contributed by atoms with E-state index in [9.17, 15) is 0 Å². The topological polar surface area (TPSA) is 15.3 Å². The van der Waals surface area contributed by atoms with Gasteiger partial charge in [-0.05, 0) is 29.2 Å². The number of benzene rings is 2. The Morgan fingerprint density at radius 2 is 1.96 bits per heavy atom. The normalized spacial score (nSPS) is 16.7. The highest BCUT2D eigenvalue weighted by molar-refractivity contribution is 5.85. The van der Waals surface area contributed by atoms with Gasteiger partial charge in [0.1, 0.15) is 0 Å². The molecule has 2 aromatic carbocycles. The van der Waals surface area contributed by atoms with Gasteiger partial charge in [-0.2, -0.15) is 0 Å². The maximum Gasteiger partial charge on any atom is 0.0693 e. The maximum atomic E-state index is 4.46. The van der Waals surface area contributed by atoms with Crippen LogP contribution in [-0.2, 0) is 6.42 Å². The Kier molecular flexibility index (Phi) is 5.82. The summed E-state index contributed by atoms with van der Waals surface area (Å²) in [7, 11) is 0. The summed E-state index contributed by atoms with van der Waals surface area (Å²) in [6.07, 6.45) is 6.28. The zero-order valence-corrected chi connectivity index (χ0v) is 16.0. The molecule has 3 rings (SSSR count). The maximum absolute atomic E-state index is 4.46. The van der Waals surface area contributed by atoms with Gasteiger partial charge in [0.2, 0.25) is 0 Å². The van der Waals surface area contributed by atoms with Crippen molar-refractivity contribution in [1.29, 1.82) is 0 Å². The molecule has 26 heavy (non-hydrogen) atoms. The van der Waals surface area contributed by atoms with Gasteiger partial charge in [-0.3, -0.25) is 0 Å². The molecule has 0 heterocycles. The van der Waals surface area contributed by atoms with Crippen LogP contribution in [0.4, 0.5) is 0 Å². The average molecular weight is 347 g/mol. The molecule has 0 radical (unpaired) electrons. The highest BCUT2D eigenvalue weighted by atomic mass is 15.2. The van der Waals surface area contributed by atoms with E-state index in [1.54, 1.807) is 0 Å². The van der Waals surface area contributed by atoms with Gasteiger partial charge >= 0.3 is 0 Å². The third-order valence-electron chi connectivity index (χ3n) is 5.11. The summed E-state index contributed by atoms with van der Waals surface area (Å²) in [5.74, 6) is 0.567. The summed E-state index contributed by atoms with van der Waals surface area (Å²) in [4.78, 5) is 2.35. The van der Waals surface area contributed by atoms with Gasteiger partial charge in [-0.1, -0.05) is 75.0 Å². The highest BCUT2D eigenvalue weighted by Gasteiger charge is 2.26. The Morgan fingerprint density at radius 1 is 1.23 bits per heavy atom. The second-order valence-electron chi connectivity index (χ2n) is 7.18. The van der Waals surface area contributed by atoms with Crippen LogP contribution < -0.4 is 5.32 Å². The lowest BCUT2D eigenvalue weighted by Crippen LogP contribution is -2.39. The molecule has 136 valence electrons. The van der Waals surface area contributed by atoms with Crippen molar-refractivity contribution in [2.24, 2.45) is 5.92 Å². The van der Waals surface area contributed by atoms with Gasteiger partial charge in [-0.25, -0.2) is 0 Å². The number of rotatable bonds is 10. The molecule has 2 aromatic rings. The molecule has 0 spiro atoms. The number of nitrogens with zero attached hydrogens (tertiary/aromatic N) is 1. The summed E-state index contributed by atoms with van der Waals surface area (Å²) in [6.45, 7) is 14.7. The lowest BCUT2D eigenvalue weighted by atomic mass is 9.97. The Balaban J connectivity index is 1.86. The van der Waals surface area contributed by atoms with E-state index < -0.39 is 0 Å². The van der Waals surface area contributed by atoms with Gasteiger partial charge in [0.05, 0.1) is 6.04 Å². The van der Waals surface area contributed by atoms with Gasteiger partial charge in [-0.15, -0.1) is 6.58 Å². The number of allylic oxidation sites excluding steroid dienone is 2. The molecule has 0 saturated heterocycles. The van der Waals surface area contributed by atoms with E-state index in [0.717, 1.165) is 31.6 Å². The van der Waals surface area contributed by atoms with Crippen LogP contribution >= 0.6 is 0 Å². The third-order valence-corrected chi connectivity index (χ3v) is 5.11. The predicted octanol–water partition coefficient (Wildman–Crippen LogP) is 5.29. The second-order valence-corrected chi connectivity index (χ2v) is 7.18. The first-order chi connectivity index (χ1) is 12.6. The molecule has 0 aliphatic heterocycles. The molecule has 1 aliphatic rings. The molecule has 2 nitrogen and oxygen atoms in total. The van der Waals surface area contributed by atoms with E-state index in [-0.39, 0.29) is 6.04 Å². The first-order valence-corrected chi connectivity index (χ1v) is 9.63. The van der Waals surface area contributed by atoms with Crippen LogP contribution in [-0.4, -0.2) is 24.0 Å². The number of fused-ring (bicyclic) bond motifs is 1. The van der Waals surface area contributed by atoms with Crippen LogP contribution in [0.1, 0.15) is 25.8 Å². The van der Waals surface area contributed by atoms with Crippen molar-refractivity contribution in [3.63, 3.8) is 0 Å². The minimum Gasteiger partial charge on any atom is -0.380 e. The van der Waals surface area contributed by atoms with Crippen LogP contribution in [0, 0.1) is 5.92 Å². The molecular formula is C24H30N2. The van der Waals surface area contributed by atoms with Crippen molar-refractivity contribution in [2.75, 3.05) is 13.1 Å². The third kappa shape index (κ3) is 4.19. The monoisotopic (exact) mass is 346 g/mol. The first kappa shape index (κ1) is 18.3. The zero-order chi connectivity index (χ0) is 18.5. The molecule has 0 bridgehead atoms. The van der Waals surface area contributed by atoms with Gasteiger partial charge in [0, 0.05) is 30.4 Å². The van der Waals surface area contributed by atoms with Crippen LogP contribution in [0.2, 0.25) is 0 Å². The molecule has 2 atom stereocenters. The number of hydrogen-bond donors (Lipinski definition) is 1. The van der Waals surface area contributed by atoms with E-state index in [2.05, 4.69) is 85.8 Å². The quantitative estimate of drug-likeness (QED) is 0.588. The van der Waals surface area contributed by atoms with Gasteiger partial charge in [0.25, 0.3) is 0 Å². The molecule has 0 amide bonds. The van der Waals surface area contributed by atoms with E-state index in [0.29, 0.717) is 5.92 Å². The smallest absolute Gasteiger partial charge is 0.0693 e. The van der Waals surface area contributed by atoms with Crippen molar-refractivity contribution in [3.05, 3.63) is 84.7 Å². The fourth-order valence-corrected chi connectivity index (χ4v) is 3.54. The molecule has 0 saturated carbocycles. The molecule has 0 aromatic heterocycles. The Hall–Kier alpha value is -2.48. The van der Waals surface area contributed by atoms with Gasteiger partial charge < -0.3 is 10.2 Å². The van der Waals surface area contributed by atoms with Crippen molar-refractivity contribution in [3.8, 4) is 0 Å². The molecule has 2 heteroatoms. The minimum absolute atomic E-state index is 0.198. The van der Waals surface area contributed by atoms with E-state index in [1.165, 1.54) is 22.0 Å². The zero-order valence-electron chi connectivity index (χ0n) is 16.0. The second kappa shape index (κ2) is 8.27. The molecular weight excluding hydrogens is 316 g/mol. The van der Waals surface area contributed by atoms with Crippen molar-refractivity contribution in [1.82, 2.24) is 10.2 Å². The molecule has 1 aliphatic carbocycles. The largest absolute Gasteiger partial charge is 0.380 e. The standard InChI is InChI=1S/C24H30N2/c1-5-14-26(15-6-2)19(4)24(25-23-16-18(23)3)17-21-12-9-11-20-10-7-8-13-22(20)21/h5,7-13,16,18,24-25H,1,4,6,14-15,17H2,2-3H3. The highest BCUT2D eigenvalue weighted by Crippen LogP contribution is 2.28. The molecule has 0 fully saturated rings. The SMILES string of the molecule is C=CCN(CCC)C(=C)C(Cc1cccc2ccccc12)NC1=CC1C. The average Bonchev–Trinajstić information content (AvgIpc) is 3.35. The Labute approximate surface area is 157 Å². The Bertz CT molecular complexity index is 813. The van der Waals surface area contributed by atoms with Crippen LogP contribution in [0.15, 0.2) is 79.2 Å². The molecule has 1 N–H and O–H groups in total. The van der Waals surface area contributed by atoms with E-state index >= 15 is 0 Å². The number of hydrogen-bond acceptors (Lipinski definition) is 2. The van der Waals surface area contributed by atoms with E-state index in [1.807, 2.05) is 6.08 Å². The van der Waals surface area contributed by atoms with E-state index in [4.69, 9.17) is 0 Å². The van der Waals surface area contributed by atoms with Crippen molar-refractivity contribution in [2.45, 2.75) is 32.7 Å². The van der Waals surface area contributed by atoms with Crippen molar-refractivity contribution < 1.29 is 0 Å². The summed E-state index contributed by atoms with van der Waals surface area (Å²) < 4.78 is 0. The van der Waals surface area contributed by atoms with Crippen LogP contribution in [0.25, 0.3) is 10.8 Å². The molecule has 2 unspecified atom stereocenters. The summed E-state index contributed by atoms with van der Waals surface area (Å²) in [6, 6.07) is 15.4. The van der Waals surface area contributed by atoms with Crippen LogP contribution in [0.3, 0.4) is 0 Å². The first-order valence-electron chi connectivity index (χ1n) is 9.63. The lowest BCUT2D eigenvalue weighted by molar-refractivity contribution is 0.342. The van der Waals surface area contributed by atoms with Crippen molar-refractivity contribution >= 4 is 10.8 Å². The minimum atomic E-state index is 0.198. The fourth-order valence-electron chi connectivity index (χ4n) is 3.54. The summed E-state index contributed by atoms with van der Waals surface area (Å²) in [5, 5.41) is 6.36. The fraction of sp³-hybridized carbons (Fsp3) is 0.333. The summed E-state index contributed by atoms with van der Waals surface area (Å²) in [5.41, 5.74) is 3.86. The van der Waals surface area contributed by atoms with Gasteiger partial charge in [0.15, 0.2) is 0 Å². The van der Waals surface area contributed by atoms with Crippen LogP contribution in [0.5, 0.6) is 0 Å². The predicted molar refractivity (Wildman–Crippen MR) is 113 cm³/mol. The lowest BCUT2D eigenvalue weighted by Gasteiger charge is -2.32. The Morgan fingerprint density at radius 3 is 2.65 bits per heavy atom. The number of nitrogens with one attached hydrogen (secondary N) is 1.